The zero-order valence-corrected chi connectivity index (χ0v) is 23.0. The van der Waals surface area contributed by atoms with Crippen LogP contribution in [0.3, 0.4) is 0 Å². The number of hydrogen-bond donors (Lipinski definition) is 6. The third-order valence-corrected chi connectivity index (χ3v) is 9.06. The molecule has 1 amide bonds. The summed E-state index contributed by atoms with van der Waals surface area (Å²) in [5, 5.41) is 34.0. The Morgan fingerprint density at radius 2 is 1.92 bits per heavy atom. The van der Waals surface area contributed by atoms with Crippen molar-refractivity contribution < 1.29 is 37.8 Å². The average Bonchev–Trinajstić information content (AvgIpc) is 3.43. The highest BCUT2D eigenvalue weighted by molar-refractivity contribution is 8.03. The summed E-state index contributed by atoms with van der Waals surface area (Å²) in [4.78, 5) is 37.8. The SMILES string of the molecule is CCOC(=O)[C@@H]([C@@H]1NC(C(=O)O)=C(S[C@@H]2CN[C@H](C(=O)NCc3ccc(S(N)(=O)=O)cc3)C2)[C@@H]1C)[C@@H](C)O. The van der Waals surface area contributed by atoms with Crippen LogP contribution in [0, 0.1) is 11.8 Å². The fraction of sp³-hybridized carbons (Fsp3) is 0.542. The van der Waals surface area contributed by atoms with Crippen LogP contribution >= 0.6 is 11.8 Å². The van der Waals surface area contributed by atoms with E-state index in [0.29, 0.717) is 23.4 Å². The molecule has 0 saturated carbocycles. The number of carboxylic acid groups (broad SMARTS) is 1. The maximum absolute atomic E-state index is 12.7. The van der Waals surface area contributed by atoms with Gasteiger partial charge in [-0.05, 0) is 38.0 Å². The number of benzene rings is 1. The molecule has 2 aliphatic rings. The summed E-state index contributed by atoms with van der Waals surface area (Å²) >= 11 is 1.35. The van der Waals surface area contributed by atoms with Crippen molar-refractivity contribution in [2.75, 3.05) is 13.2 Å². The lowest BCUT2D eigenvalue weighted by Crippen LogP contribution is -2.46. The number of sulfonamides is 1. The lowest BCUT2D eigenvalue weighted by Gasteiger charge is -2.29. The molecule has 0 radical (unpaired) electrons. The lowest BCUT2D eigenvalue weighted by atomic mass is 9.87. The smallest absolute Gasteiger partial charge is 0.352 e. The maximum atomic E-state index is 12.7. The molecule has 7 N–H and O–H groups in total. The van der Waals surface area contributed by atoms with Crippen LogP contribution in [-0.4, -0.2) is 73.1 Å². The summed E-state index contributed by atoms with van der Waals surface area (Å²) in [6.07, 6.45) is -0.600. The van der Waals surface area contributed by atoms with Gasteiger partial charge in [0.05, 0.1) is 23.6 Å². The standard InChI is InChI=1S/C24H34N4O8S2/c1-4-36-24(33)18(13(3)29)19-12(2)21(20(28-19)23(31)32)37-15-9-17(26-11-15)22(30)27-10-14-5-7-16(8-6-14)38(25,34)35/h5-8,12-13,15,17-19,26,28-29H,4,9-11H2,1-3H3,(H,27,30)(H,31,32)(H2,25,34,35)/t12-,13-,15+,17+,18-,19-/m1/s1. The largest absolute Gasteiger partial charge is 0.477 e. The molecular weight excluding hydrogens is 536 g/mol. The van der Waals surface area contributed by atoms with Crippen LogP contribution < -0.4 is 21.1 Å². The number of thioether (sulfide) groups is 1. The molecule has 1 aromatic rings. The van der Waals surface area contributed by atoms with E-state index in [9.17, 15) is 33.0 Å². The Hall–Kier alpha value is -2.65. The molecule has 0 unspecified atom stereocenters. The van der Waals surface area contributed by atoms with E-state index in [-0.39, 0.29) is 40.8 Å². The molecule has 38 heavy (non-hydrogen) atoms. The molecule has 12 nitrogen and oxygen atoms in total. The second-order valence-corrected chi connectivity index (χ2v) is 12.3. The van der Waals surface area contributed by atoms with E-state index in [1.807, 2.05) is 0 Å². The van der Waals surface area contributed by atoms with Crippen LogP contribution in [0.5, 0.6) is 0 Å². The Balaban J connectivity index is 1.61. The molecule has 14 heteroatoms. The van der Waals surface area contributed by atoms with Gasteiger partial charge in [-0.15, -0.1) is 11.8 Å². The van der Waals surface area contributed by atoms with Crippen LogP contribution in [0.4, 0.5) is 0 Å². The quantitative estimate of drug-likeness (QED) is 0.194. The number of primary sulfonamides is 1. The molecule has 1 saturated heterocycles. The number of amides is 1. The Morgan fingerprint density at radius 1 is 1.26 bits per heavy atom. The number of nitrogens with two attached hydrogens (primary N) is 1. The molecule has 6 atom stereocenters. The van der Waals surface area contributed by atoms with Crippen molar-refractivity contribution >= 4 is 39.6 Å². The number of carboxylic acids is 1. The first kappa shape index (κ1) is 29.9. The zero-order chi connectivity index (χ0) is 28.2. The summed E-state index contributed by atoms with van der Waals surface area (Å²) in [5.74, 6) is -3.33. The molecule has 0 bridgehead atoms. The third-order valence-electron chi connectivity index (χ3n) is 6.61. The molecule has 0 aliphatic carbocycles. The number of nitrogens with one attached hydrogen (secondary N) is 3. The second-order valence-electron chi connectivity index (χ2n) is 9.36. The number of esters is 1. The fourth-order valence-electron chi connectivity index (χ4n) is 4.65. The molecule has 2 aliphatic heterocycles. The normalized spacial score (nSPS) is 25.0. The van der Waals surface area contributed by atoms with Gasteiger partial charge in [-0.25, -0.2) is 18.4 Å². The molecule has 1 fully saturated rings. The monoisotopic (exact) mass is 570 g/mol. The molecule has 1 aromatic carbocycles. The van der Waals surface area contributed by atoms with Crippen molar-refractivity contribution in [3.05, 3.63) is 40.4 Å². The minimum atomic E-state index is -3.79. The Kier molecular flexibility index (Phi) is 9.81. The predicted molar refractivity (Wildman–Crippen MR) is 140 cm³/mol. The van der Waals surface area contributed by atoms with Crippen LogP contribution in [-0.2, 0) is 35.7 Å². The van der Waals surface area contributed by atoms with Gasteiger partial charge in [-0.3, -0.25) is 9.59 Å². The highest BCUT2D eigenvalue weighted by Gasteiger charge is 2.45. The fourth-order valence-corrected chi connectivity index (χ4v) is 6.62. The first-order valence-corrected chi connectivity index (χ1v) is 14.6. The van der Waals surface area contributed by atoms with Crippen molar-refractivity contribution in [1.82, 2.24) is 16.0 Å². The van der Waals surface area contributed by atoms with E-state index in [4.69, 9.17) is 9.88 Å². The van der Waals surface area contributed by atoms with Gasteiger partial charge in [0.25, 0.3) is 0 Å². The lowest BCUT2D eigenvalue weighted by molar-refractivity contribution is -0.153. The van der Waals surface area contributed by atoms with Crippen LogP contribution in [0.15, 0.2) is 39.8 Å². The maximum Gasteiger partial charge on any atom is 0.352 e. The number of aliphatic hydroxyl groups is 1. The van der Waals surface area contributed by atoms with E-state index < -0.39 is 46.1 Å². The van der Waals surface area contributed by atoms with Crippen LogP contribution in [0.2, 0.25) is 0 Å². The van der Waals surface area contributed by atoms with Crippen molar-refractivity contribution in [3.63, 3.8) is 0 Å². The summed E-state index contributed by atoms with van der Waals surface area (Å²) < 4.78 is 27.9. The number of aliphatic carboxylic acids is 1. The van der Waals surface area contributed by atoms with E-state index in [2.05, 4.69) is 16.0 Å². The summed E-state index contributed by atoms with van der Waals surface area (Å²) in [7, 11) is -3.79. The number of ether oxygens (including phenoxy) is 1. The van der Waals surface area contributed by atoms with E-state index in [0.717, 1.165) is 0 Å². The van der Waals surface area contributed by atoms with E-state index in [1.165, 1.54) is 30.8 Å². The Labute approximate surface area is 225 Å². The van der Waals surface area contributed by atoms with Crippen LogP contribution in [0.25, 0.3) is 0 Å². The number of aliphatic hydroxyl groups excluding tert-OH is 1. The highest BCUT2D eigenvalue weighted by atomic mass is 32.2. The van der Waals surface area contributed by atoms with Gasteiger partial charge in [0.15, 0.2) is 0 Å². The van der Waals surface area contributed by atoms with Gasteiger partial charge in [-0.1, -0.05) is 19.1 Å². The number of carbonyl (C=O) groups excluding carboxylic acids is 2. The molecule has 0 aromatic heterocycles. The predicted octanol–water partition coefficient (Wildman–Crippen LogP) is -0.122. The third kappa shape index (κ3) is 7.05. The molecule has 210 valence electrons. The first-order valence-electron chi connectivity index (χ1n) is 12.2. The van der Waals surface area contributed by atoms with Crippen molar-refractivity contribution in [2.45, 2.75) is 62.1 Å². The Morgan fingerprint density at radius 3 is 2.47 bits per heavy atom. The van der Waals surface area contributed by atoms with Gasteiger partial charge in [-0.2, -0.15) is 0 Å². The van der Waals surface area contributed by atoms with Gasteiger partial charge in [0, 0.05) is 35.2 Å². The summed E-state index contributed by atoms with van der Waals surface area (Å²) in [6.45, 7) is 5.75. The van der Waals surface area contributed by atoms with Gasteiger partial charge >= 0.3 is 11.9 Å². The topological polar surface area (TPSA) is 197 Å². The number of carbonyl (C=O) groups is 3. The minimum Gasteiger partial charge on any atom is -0.477 e. The van der Waals surface area contributed by atoms with E-state index >= 15 is 0 Å². The van der Waals surface area contributed by atoms with Crippen molar-refractivity contribution in [3.8, 4) is 0 Å². The average molecular weight is 571 g/mol. The number of rotatable bonds is 11. The van der Waals surface area contributed by atoms with E-state index in [1.54, 1.807) is 26.0 Å². The summed E-state index contributed by atoms with van der Waals surface area (Å²) in [5.41, 5.74) is 0.690. The zero-order valence-electron chi connectivity index (χ0n) is 21.3. The van der Waals surface area contributed by atoms with Crippen LogP contribution in [0.1, 0.15) is 32.8 Å². The molecule has 2 heterocycles. The van der Waals surface area contributed by atoms with Gasteiger partial charge in [0.2, 0.25) is 15.9 Å². The van der Waals surface area contributed by atoms with Gasteiger partial charge in [0.1, 0.15) is 11.6 Å². The molecule has 0 spiro atoms. The highest BCUT2D eigenvalue weighted by Crippen LogP contribution is 2.42. The molecular formula is C24H34N4O8S2. The van der Waals surface area contributed by atoms with Gasteiger partial charge < -0.3 is 30.9 Å². The number of hydrogen-bond acceptors (Lipinski definition) is 10. The Bertz CT molecular complexity index is 1190. The summed E-state index contributed by atoms with van der Waals surface area (Å²) in [6, 6.07) is 4.75. The first-order chi connectivity index (χ1) is 17.8. The van der Waals surface area contributed by atoms with Crippen molar-refractivity contribution in [1.29, 1.82) is 0 Å². The van der Waals surface area contributed by atoms with Crippen molar-refractivity contribution in [2.24, 2.45) is 17.0 Å². The second kappa shape index (κ2) is 12.5. The minimum absolute atomic E-state index is 0.0140. The molecule has 3 rings (SSSR count).